The highest BCUT2D eigenvalue weighted by molar-refractivity contribution is 8.00. The third-order valence-corrected chi connectivity index (χ3v) is 5.37. The Morgan fingerprint density at radius 3 is 2.81 bits per heavy atom. The summed E-state index contributed by atoms with van der Waals surface area (Å²) in [4.78, 5) is 25.9. The van der Waals surface area contributed by atoms with Crippen LogP contribution in [0.25, 0.3) is 0 Å². The lowest BCUT2D eigenvalue weighted by atomic mass is 10.0. The van der Waals surface area contributed by atoms with Gasteiger partial charge in [-0.05, 0) is 37.5 Å². The largest absolute Gasteiger partial charge is 0.490 e. The second-order valence-corrected chi connectivity index (χ2v) is 7.29. The van der Waals surface area contributed by atoms with Gasteiger partial charge >= 0.3 is 5.97 Å². The Hall–Kier alpha value is -1.89. The van der Waals surface area contributed by atoms with Crippen molar-refractivity contribution in [1.82, 2.24) is 4.90 Å². The van der Waals surface area contributed by atoms with Gasteiger partial charge < -0.3 is 19.1 Å². The summed E-state index contributed by atoms with van der Waals surface area (Å²) in [7, 11) is 0. The van der Waals surface area contributed by atoms with Crippen molar-refractivity contribution in [2.75, 3.05) is 37.9 Å². The molecule has 2 aliphatic rings. The molecule has 0 radical (unpaired) electrons. The van der Waals surface area contributed by atoms with Gasteiger partial charge in [-0.3, -0.25) is 9.59 Å². The van der Waals surface area contributed by atoms with Gasteiger partial charge in [0.05, 0.1) is 37.4 Å². The van der Waals surface area contributed by atoms with E-state index in [0.717, 1.165) is 42.9 Å². The van der Waals surface area contributed by atoms with Gasteiger partial charge in [-0.25, -0.2) is 0 Å². The van der Waals surface area contributed by atoms with Gasteiger partial charge in [-0.15, -0.1) is 11.8 Å². The van der Waals surface area contributed by atoms with E-state index in [0.29, 0.717) is 25.6 Å². The predicted octanol–water partition coefficient (Wildman–Crippen LogP) is 2.81. The zero-order valence-corrected chi connectivity index (χ0v) is 15.9. The van der Waals surface area contributed by atoms with Crippen LogP contribution >= 0.6 is 11.8 Å². The average Bonchev–Trinajstić information content (AvgIpc) is 3.00. The molecule has 1 aromatic carbocycles. The van der Waals surface area contributed by atoms with E-state index >= 15 is 0 Å². The van der Waals surface area contributed by atoms with Gasteiger partial charge in [0.15, 0.2) is 11.5 Å². The zero-order chi connectivity index (χ0) is 18.4. The van der Waals surface area contributed by atoms with Crippen molar-refractivity contribution in [3.8, 4) is 11.5 Å². The van der Waals surface area contributed by atoms with E-state index in [1.54, 1.807) is 6.92 Å². The zero-order valence-electron chi connectivity index (χ0n) is 15.1. The molecule has 26 heavy (non-hydrogen) atoms. The van der Waals surface area contributed by atoms with E-state index in [1.807, 2.05) is 23.1 Å². The molecule has 0 aliphatic carbocycles. The molecule has 0 bridgehead atoms. The van der Waals surface area contributed by atoms with E-state index in [1.165, 1.54) is 11.8 Å². The maximum atomic E-state index is 12.6. The number of hydrogen-bond donors (Lipinski definition) is 0. The number of amides is 1. The van der Waals surface area contributed by atoms with Crippen LogP contribution in [-0.2, 0) is 14.3 Å². The van der Waals surface area contributed by atoms with Crippen LogP contribution in [0.2, 0.25) is 0 Å². The van der Waals surface area contributed by atoms with Crippen molar-refractivity contribution in [3.63, 3.8) is 0 Å². The quantitative estimate of drug-likeness (QED) is 0.708. The Bertz CT molecular complexity index is 651. The van der Waals surface area contributed by atoms with Crippen LogP contribution in [0.4, 0.5) is 0 Å². The summed E-state index contributed by atoms with van der Waals surface area (Å²) in [6.07, 6.45) is 2.79. The standard InChI is InChI=1S/C19H25NO5S/c1-2-23-19(22)13-26-12-18(21)20-8-3-5-15(20)14-6-7-16-17(11-14)25-10-4-9-24-16/h6-7,11,15H,2-5,8-10,12-13H2,1H3. The Kier molecular flexibility index (Phi) is 6.66. The van der Waals surface area contributed by atoms with E-state index in [-0.39, 0.29) is 23.7 Å². The molecule has 0 N–H and O–H groups in total. The molecule has 1 aromatic rings. The molecule has 2 aliphatic heterocycles. The fourth-order valence-corrected chi connectivity index (χ4v) is 4.00. The maximum Gasteiger partial charge on any atom is 0.315 e. The van der Waals surface area contributed by atoms with Crippen LogP contribution in [0, 0.1) is 0 Å². The minimum Gasteiger partial charge on any atom is -0.490 e. The average molecular weight is 379 g/mol. The summed E-state index contributed by atoms with van der Waals surface area (Å²) in [6, 6.07) is 6.02. The molecule has 142 valence electrons. The molecule has 1 saturated heterocycles. The number of thioether (sulfide) groups is 1. The molecule has 6 nitrogen and oxygen atoms in total. The van der Waals surface area contributed by atoms with Crippen LogP contribution in [0.5, 0.6) is 11.5 Å². The summed E-state index contributed by atoms with van der Waals surface area (Å²) < 4.78 is 16.4. The first-order valence-corrected chi connectivity index (χ1v) is 10.3. The number of rotatable bonds is 6. The van der Waals surface area contributed by atoms with Crippen LogP contribution in [-0.4, -0.2) is 54.6 Å². The lowest BCUT2D eigenvalue weighted by Crippen LogP contribution is -2.32. The summed E-state index contributed by atoms with van der Waals surface area (Å²) in [5, 5.41) is 0. The molecule has 1 unspecified atom stereocenters. The van der Waals surface area contributed by atoms with E-state index in [9.17, 15) is 9.59 Å². The number of fused-ring (bicyclic) bond motifs is 1. The van der Waals surface area contributed by atoms with Crippen LogP contribution < -0.4 is 9.47 Å². The summed E-state index contributed by atoms with van der Waals surface area (Å²) in [5.41, 5.74) is 1.08. The Morgan fingerprint density at radius 2 is 2.00 bits per heavy atom. The number of likely N-dealkylation sites (tertiary alicyclic amines) is 1. The minimum absolute atomic E-state index is 0.0582. The topological polar surface area (TPSA) is 65.1 Å². The predicted molar refractivity (Wildman–Crippen MR) is 99.7 cm³/mol. The van der Waals surface area contributed by atoms with Crippen molar-refractivity contribution < 1.29 is 23.8 Å². The fraction of sp³-hybridized carbons (Fsp3) is 0.579. The Morgan fingerprint density at radius 1 is 1.19 bits per heavy atom. The Labute approximate surface area is 158 Å². The second kappa shape index (κ2) is 9.16. The van der Waals surface area contributed by atoms with Crippen molar-refractivity contribution in [1.29, 1.82) is 0 Å². The molecule has 2 heterocycles. The molecule has 7 heteroatoms. The molecular formula is C19H25NO5S. The molecule has 1 atom stereocenters. The van der Waals surface area contributed by atoms with Crippen LogP contribution in [0.15, 0.2) is 18.2 Å². The number of carbonyl (C=O) groups excluding carboxylic acids is 2. The van der Waals surface area contributed by atoms with Crippen molar-refractivity contribution in [2.24, 2.45) is 0 Å². The number of ether oxygens (including phenoxy) is 3. The number of hydrogen-bond acceptors (Lipinski definition) is 6. The van der Waals surface area contributed by atoms with Crippen LogP contribution in [0.1, 0.15) is 37.8 Å². The third kappa shape index (κ3) is 4.63. The van der Waals surface area contributed by atoms with E-state index in [4.69, 9.17) is 14.2 Å². The second-order valence-electron chi connectivity index (χ2n) is 6.30. The number of esters is 1. The smallest absolute Gasteiger partial charge is 0.315 e. The highest BCUT2D eigenvalue weighted by Gasteiger charge is 2.30. The maximum absolute atomic E-state index is 12.6. The molecular weight excluding hydrogens is 354 g/mol. The number of benzene rings is 1. The van der Waals surface area contributed by atoms with Gasteiger partial charge in [0.2, 0.25) is 5.91 Å². The van der Waals surface area contributed by atoms with Crippen LogP contribution in [0.3, 0.4) is 0 Å². The SMILES string of the molecule is CCOC(=O)CSCC(=O)N1CCCC1c1ccc2c(c1)OCCCO2. The van der Waals surface area contributed by atoms with Crippen molar-refractivity contribution >= 4 is 23.6 Å². The molecule has 0 aromatic heterocycles. The first kappa shape index (κ1) is 18.9. The number of nitrogens with zero attached hydrogens (tertiary/aromatic N) is 1. The number of carbonyl (C=O) groups is 2. The fourth-order valence-electron chi connectivity index (χ4n) is 3.31. The summed E-state index contributed by atoms with van der Waals surface area (Å²) >= 11 is 1.31. The molecule has 0 saturated carbocycles. The Balaban J connectivity index is 1.61. The molecule has 1 fully saturated rings. The summed E-state index contributed by atoms with van der Waals surface area (Å²) in [6.45, 7) is 4.20. The van der Waals surface area contributed by atoms with E-state index in [2.05, 4.69) is 0 Å². The first-order chi connectivity index (χ1) is 12.7. The van der Waals surface area contributed by atoms with Gasteiger partial charge in [-0.2, -0.15) is 0 Å². The normalized spacial score (nSPS) is 19.1. The third-order valence-electron chi connectivity index (χ3n) is 4.48. The molecule has 1 amide bonds. The highest BCUT2D eigenvalue weighted by Crippen LogP contribution is 2.38. The molecule has 3 rings (SSSR count). The molecule has 0 spiro atoms. The first-order valence-electron chi connectivity index (χ1n) is 9.11. The van der Waals surface area contributed by atoms with E-state index < -0.39 is 0 Å². The lowest BCUT2D eigenvalue weighted by molar-refractivity contribution is -0.139. The van der Waals surface area contributed by atoms with Gasteiger partial charge in [0.25, 0.3) is 0 Å². The van der Waals surface area contributed by atoms with Gasteiger partial charge in [-0.1, -0.05) is 6.07 Å². The highest BCUT2D eigenvalue weighted by atomic mass is 32.2. The lowest BCUT2D eigenvalue weighted by Gasteiger charge is -2.25. The monoisotopic (exact) mass is 379 g/mol. The minimum atomic E-state index is -0.272. The van der Waals surface area contributed by atoms with Crippen molar-refractivity contribution in [3.05, 3.63) is 23.8 Å². The van der Waals surface area contributed by atoms with Gasteiger partial charge in [0, 0.05) is 13.0 Å². The summed E-state index contributed by atoms with van der Waals surface area (Å²) in [5.74, 6) is 1.82. The van der Waals surface area contributed by atoms with Crippen molar-refractivity contribution in [2.45, 2.75) is 32.2 Å². The van der Waals surface area contributed by atoms with Gasteiger partial charge in [0.1, 0.15) is 0 Å².